The molecule has 0 bridgehead atoms. The predicted octanol–water partition coefficient (Wildman–Crippen LogP) is 3.10. The number of rotatable bonds is 3. The van der Waals surface area contributed by atoms with Gasteiger partial charge < -0.3 is 5.11 Å². The third-order valence-corrected chi connectivity index (χ3v) is 4.74. The van der Waals surface area contributed by atoms with Crippen LogP contribution >= 0.6 is 23.5 Å². The number of aliphatic hydroxyl groups is 1. The van der Waals surface area contributed by atoms with Crippen molar-refractivity contribution in [3.8, 4) is 0 Å². The Labute approximate surface area is 89.4 Å². The molecule has 1 fully saturated rings. The van der Waals surface area contributed by atoms with Gasteiger partial charge in [-0.05, 0) is 24.3 Å². The van der Waals surface area contributed by atoms with Gasteiger partial charge in [0.05, 0.1) is 6.10 Å². The van der Waals surface area contributed by atoms with E-state index in [1.165, 1.54) is 22.2 Å². The lowest BCUT2D eigenvalue weighted by Crippen LogP contribution is -2.14. The number of aliphatic hydroxyl groups excluding tert-OH is 1. The van der Waals surface area contributed by atoms with Crippen LogP contribution in [0.15, 0.2) is 10.3 Å². The third kappa shape index (κ3) is 3.96. The maximum atomic E-state index is 9.59. The standard InChI is InChI=1S/C10H18OS2/c1-3-9(11)8(2)7-10-12-5-4-6-13-10/h7-9,11H,3-6H2,1-2H3/t8-,9+/m1/s1. The molecule has 0 aromatic carbocycles. The monoisotopic (exact) mass is 218 g/mol. The molecule has 0 radical (unpaired) electrons. The molecule has 0 aliphatic carbocycles. The zero-order valence-corrected chi connectivity index (χ0v) is 9.96. The quantitative estimate of drug-likeness (QED) is 0.786. The molecule has 1 N–H and O–H groups in total. The van der Waals surface area contributed by atoms with Gasteiger partial charge in [-0.2, -0.15) is 0 Å². The van der Waals surface area contributed by atoms with Gasteiger partial charge in [0.25, 0.3) is 0 Å². The molecular weight excluding hydrogens is 200 g/mol. The average Bonchev–Trinajstić information content (AvgIpc) is 2.18. The maximum absolute atomic E-state index is 9.59. The fourth-order valence-corrected chi connectivity index (χ4v) is 3.86. The van der Waals surface area contributed by atoms with Gasteiger partial charge in [0.1, 0.15) is 0 Å². The fraction of sp³-hybridized carbons (Fsp3) is 0.800. The van der Waals surface area contributed by atoms with E-state index in [9.17, 15) is 5.11 Å². The van der Waals surface area contributed by atoms with E-state index in [0.29, 0.717) is 5.92 Å². The lowest BCUT2D eigenvalue weighted by Gasteiger charge is -2.17. The van der Waals surface area contributed by atoms with Crippen molar-refractivity contribution in [2.45, 2.75) is 32.8 Å². The second kappa shape index (κ2) is 5.99. The molecule has 1 aliphatic rings. The van der Waals surface area contributed by atoms with Crippen LogP contribution in [-0.4, -0.2) is 22.7 Å². The summed E-state index contributed by atoms with van der Waals surface area (Å²) < 4.78 is 1.41. The Kier molecular flexibility index (Phi) is 5.29. The Bertz CT molecular complexity index is 172. The molecule has 1 aliphatic heterocycles. The van der Waals surface area contributed by atoms with Crippen LogP contribution in [-0.2, 0) is 0 Å². The van der Waals surface area contributed by atoms with E-state index in [1.54, 1.807) is 0 Å². The molecule has 76 valence electrons. The summed E-state index contributed by atoms with van der Waals surface area (Å²) in [5.74, 6) is 2.79. The van der Waals surface area contributed by atoms with E-state index in [1.807, 2.05) is 30.4 Å². The van der Waals surface area contributed by atoms with Gasteiger partial charge >= 0.3 is 0 Å². The highest BCUT2D eigenvalue weighted by Crippen LogP contribution is 2.35. The Hall–Kier alpha value is 0.400. The van der Waals surface area contributed by atoms with Crippen LogP contribution in [0.1, 0.15) is 26.7 Å². The first-order chi connectivity index (χ1) is 6.24. The van der Waals surface area contributed by atoms with Crippen molar-refractivity contribution in [3.63, 3.8) is 0 Å². The lowest BCUT2D eigenvalue weighted by atomic mass is 10.0. The topological polar surface area (TPSA) is 20.2 Å². The van der Waals surface area contributed by atoms with Crippen LogP contribution in [0.3, 0.4) is 0 Å². The minimum absolute atomic E-state index is 0.171. The summed E-state index contributed by atoms with van der Waals surface area (Å²) in [4.78, 5) is 0. The van der Waals surface area contributed by atoms with Crippen LogP contribution in [0.5, 0.6) is 0 Å². The van der Waals surface area contributed by atoms with Crippen molar-refractivity contribution in [2.75, 3.05) is 11.5 Å². The second-order valence-corrected chi connectivity index (χ2v) is 5.90. The molecule has 1 saturated heterocycles. The maximum Gasteiger partial charge on any atom is 0.0598 e. The van der Waals surface area contributed by atoms with Crippen molar-refractivity contribution >= 4 is 23.5 Å². The summed E-state index contributed by atoms with van der Waals surface area (Å²) >= 11 is 3.86. The molecule has 1 nitrogen and oxygen atoms in total. The van der Waals surface area contributed by atoms with Crippen molar-refractivity contribution in [3.05, 3.63) is 10.3 Å². The Morgan fingerprint density at radius 2 is 2.08 bits per heavy atom. The van der Waals surface area contributed by atoms with Crippen molar-refractivity contribution in [1.82, 2.24) is 0 Å². The number of hydrogen-bond acceptors (Lipinski definition) is 3. The second-order valence-electron chi connectivity index (χ2n) is 3.37. The van der Waals surface area contributed by atoms with Crippen molar-refractivity contribution in [2.24, 2.45) is 5.92 Å². The molecule has 0 saturated carbocycles. The molecular formula is C10H18OS2. The molecule has 13 heavy (non-hydrogen) atoms. The zero-order chi connectivity index (χ0) is 9.68. The molecule has 0 amide bonds. The highest BCUT2D eigenvalue weighted by atomic mass is 32.2. The largest absolute Gasteiger partial charge is 0.393 e. The summed E-state index contributed by atoms with van der Waals surface area (Å²) in [6.07, 6.45) is 4.22. The van der Waals surface area contributed by atoms with Crippen LogP contribution in [0.4, 0.5) is 0 Å². The number of hydrogen-bond donors (Lipinski definition) is 1. The fourth-order valence-electron chi connectivity index (χ4n) is 1.24. The molecule has 1 rings (SSSR count). The third-order valence-electron chi connectivity index (χ3n) is 2.20. The Morgan fingerprint density at radius 3 is 2.62 bits per heavy atom. The predicted molar refractivity (Wildman–Crippen MR) is 63.1 cm³/mol. The summed E-state index contributed by atoms with van der Waals surface area (Å²) in [5.41, 5.74) is 0. The minimum Gasteiger partial charge on any atom is -0.393 e. The van der Waals surface area contributed by atoms with Gasteiger partial charge in [-0.25, -0.2) is 0 Å². The van der Waals surface area contributed by atoms with Gasteiger partial charge in [0.15, 0.2) is 0 Å². The molecule has 2 atom stereocenters. The van der Waals surface area contributed by atoms with E-state index < -0.39 is 0 Å². The SMILES string of the molecule is CC[C@H](O)[C@H](C)C=C1SCCCS1. The molecule has 1 heterocycles. The van der Waals surface area contributed by atoms with E-state index >= 15 is 0 Å². The van der Waals surface area contributed by atoms with Crippen molar-refractivity contribution in [1.29, 1.82) is 0 Å². The van der Waals surface area contributed by atoms with E-state index in [-0.39, 0.29) is 6.10 Å². The molecule has 0 spiro atoms. The molecule has 3 heteroatoms. The highest BCUT2D eigenvalue weighted by Gasteiger charge is 2.12. The van der Waals surface area contributed by atoms with Crippen LogP contribution < -0.4 is 0 Å². The minimum atomic E-state index is -0.171. The Balaban J connectivity index is 2.42. The normalized spacial score (nSPS) is 22.5. The van der Waals surface area contributed by atoms with Gasteiger partial charge in [0.2, 0.25) is 0 Å². The van der Waals surface area contributed by atoms with Crippen LogP contribution in [0.25, 0.3) is 0 Å². The average molecular weight is 218 g/mol. The highest BCUT2D eigenvalue weighted by molar-refractivity contribution is 8.22. The van der Waals surface area contributed by atoms with Gasteiger partial charge in [-0.1, -0.05) is 19.9 Å². The lowest BCUT2D eigenvalue weighted by molar-refractivity contribution is 0.134. The van der Waals surface area contributed by atoms with E-state index in [0.717, 1.165) is 6.42 Å². The van der Waals surface area contributed by atoms with E-state index in [2.05, 4.69) is 13.0 Å². The summed E-state index contributed by atoms with van der Waals surface area (Å²) in [6.45, 7) is 4.12. The first-order valence-corrected chi connectivity index (χ1v) is 6.86. The zero-order valence-electron chi connectivity index (χ0n) is 8.32. The number of thioether (sulfide) groups is 2. The van der Waals surface area contributed by atoms with Gasteiger partial charge in [-0.15, -0.1) is 23.5 Å². The van der Waals surface area contributed by atoms with Crippen molar-refractivity contribution < 1.29 is 5.11 Å². The van der Waals surface area contributed by atoms with Crippen LogP contribution in [0.2, 0.25) is 0 Å². The first-order valence-electron chi connectivity index (χ1n) is 4.89. The van der Waals surface area contributed by atoms with Gasteiger partial charge in [-0.3, -0.25) is 0 Å². The summed E-state index contributed by atoms with van der Waals surface area (Å²) in [6, 6.07) is 0. The van der Waals surface area contributed by atoms with Crippen LogP contribution in [0, 0.1) is 5.92 Å². The first kappa shape index (κ1) is 11.5. The smallest absolute Gasteiger partial charge is 0.0598 e. The molecule has 0 aromatic heterocycles. The summed E-state index contributed by atoms with van der Waals surface area (Å²) in [7, 11) is 0. The molecule has 0 aromatic rings. The summed E-state index contributed by atoms with van der Waals surface area (Å²) in [5, 5.41) is 9.59. The van der Waals surface area contributed by atoms with E-state index in [4.69, 9.17) is 0 Å². The van der Waals surface area contributed by atoms with Gasteiger partial charge in [0, 0.05) is 10.2 Å². The molecule has 0 unspecified atom stereocenters. The Morgan fingerprint density at radius 1 is 1.46 bits per heavy atom.